The molecule has 0 unspecified atom stereocenters. The standard InChI is InChI=1S/C19H25Cl2NO3/c1-5-8-19(16(23)13-6-7-14(20)15(21)11-13)9-10-22(12-19)17(24)25-18(2,3)4/h6-7,11H,5,8-10,12H2,1-4H3/t19-/m1/s1. The third kappa shape index (κ3) is 4.68. The molecule has 1 aliphatic rings. The van der Waals surface area contributed by atoms with Crippen molar-refractivity contribution in [1.29, 1.82) is 0 Å². The van der Waals surface area contributed by atoms with Gasteiger partial charge in [-0.25, -0.2) is 4.79 Å². The molecule has 25 heavy (non-hydrogen) atoms. The van der Waals surface area contributed by atoms with E-state index in [2.05, 4.69) is 0 Å². The average molecular weight is 386 g/mol. The molecular formula is C19H25Cl2NO3. The van der Waals surface area contributed by atoms with Gasteiger partial charge in [-0.2, -0.15) is 0 Å². The van der Waals surface area contributed by atoms with Crippen molar-refractivity contribution in [3.63, 3.8) is 0 Å². The molecule has 1 aliphatic heterocycles. The van der Waals surface area contributed by atoms with Crippen LogP contribution in [0.15, 0.2) is 18.2 Å². The van der Waals surface area contributed by atoms with Crippen LogP contribution in [0.1, 0.15) is 57.3 Å². The zero-order valence-electron chi connectivity index (χ0n) is 15.2. The largest absolute Gasteiger partial charge is 0.444 e. The van der Waals surface area contributed by atoms with Crippen LogP contribution in [0.25, 0.3) is 0 Å². The summed E-state index contributed by atoms with van der Waals surface area (Å²) in [5.74, 6) is 0.0129. The zero-order chi connectivity index (χ0) is 18.8. The number of nitrogens with zero attached hydrogens (tertiary/aromatic N) is 1. The summed E-state index contributed by atoms with van der Waals surface area (Å²) >= 11 is 12.0. The van der Waals surface area contributed by atoms with E-state index in [9.17, 15) is 9.59 Å². The minimum Gasteiger partial charge on any atom is -0.444 e. The Labute approximate surface area is 159 Å². The Balaban J connectivity index is 2.23. The van der Waals surface area contributed by atoms with E-state index in [1.165, 1.54) is 0 Å². The fraction of sp³-hybridized carbons (Fsp3) is 0.579. The van der Waals surface area contributed by atoms with Gasteiger partial charge in [0.15, 0.2) is 5.78 Å². The Morgan fingerprint density at radius 1 is 1.24 bits per heavy atom. The van der Waals surface area contributed by atoms with Crippen molar-refractivity contribution in [2.24, 2.45) is 5.41 Å². The van der Waals surface area contributed by atoms with E-state index in [-0.39, 0.29) is 11.9 Å². The highest BCUT2D eigenvalue weighted by atomic mass is 35.5. The molecule has 1 heterocycles. The molecule has 0 saturated carbocycles. The average Bonchev–Trinajstić information content (AvgIpc) is 2.94. The molecule has 2 rings (SSSR count). The van der Waals surface area contributed by atoms with E-state index < -0.39 is 11.0 Å². The molecule has 0 N–H and O–H groups in total. The normalized spacial score (nSPS) is 20.6. The third-order valence-corrected chi connectivity index (χ3v) is 5.14. The Bertz CT molecular complexity index is 669. The second kappa shape index (κ2) is 7.55. The van der Waals surface area contributed by atoms with E-state index in [0.717, 1.165) is 6.42 Å². The van der Waals surface area contributed by atoms with Gasteiger partial charge < -0.3 is 9.64 Å². The lowest BCUT2D eigenvalue weighted by molar-refractivity contribution is 0.0272. The number of carbonyl (C=O) groups excluding carboxylic acids is 2. The van der Waals surface area contributed by atoms with Gasteiger partial charge in [-0.3, -0.25) is 4.79 Å². The molecule has 4 nitrogen and oxygen atoms in total. The second-order valence-electron chi connectivity index (χ2n) is 7.64. The molecular weight excluding hydrogens is 361 g/mol. The number of benzene rings is 1. The van der Waals surface area contributed by atoms with Crippen molar-refractivity contribution >= 4 is 35.1 Å². The fourth-order valence-corrected chi connectivity index (χ4v) is 3.58. The molecule has 1 aromatic rings. The van der Waals surface area contributed by atoms with Gasteiger partial charge in [-0.05, 0) is 51.8 Å². The molecule has 1 fully saturated rings. The van der Waals surface area contributed by atoms with Crippen LogP contribution in [0.3, 0.4) is 0 Å². The molecule has 1 saturated heterocycles. The Hall–Kier alpha value is -1.26. The number of ether oxygens (including phenoxy) is 1. The maximum absolute atomic E-state index is 13.2. The van der Waals surface area contributed by atoms with E-state index >= 15 is 0 Å². The van der Waals surface area contributed by atoms with E-state index in [1.54, 1.807) is 23.1 Å². The summed E-state index contributed by atoms with van der Waals surface area (Å²) < 4.78 is 5.45. The summed E-state index contributed by atoms with van der Waals surface area (Å²) in [7, 11) is 0. The molecule has 1 atom stereocenters. The molecule has 0 bridgehead atoms. The summed E-state index contributed by atoms with van der Waals surface area (Å²) in [5.41, 5.74) is -0.613. The zero-order valence-corrected chi connectivity index (χ0v) is 16.7. The highest BCUT2D eigenvalue weighted by Crippen LogP contribution is 2.39. The number of amides is 1. The number of hydrogen-bond acceptors (Lipinski definition) is 3. The van der Waals surface area contributed by atoms with Crippen LogP contribution in [0.4, 0.5) is 4.79 Å². The summed E-state index contributed by atoms with van der Waals surface area (Å²) in [6.07, 6.45) is 1.83. The minimum absolute atomic E-state index is 0.0129. The van der Waals surface area contributed by atoms with Crippen molar-refractivity contribution < 1.29 is 14.3 Å². The first-order valence-corrected chi connectivity index (χ1v) is 9.31. The Morgan fingerprint density at radius 3 is 2.48 bits per heavy atom. The number of Topliss-reactive ketones (excluding diaryl/α,β-unsaturated/α-hetero) is 1. The molecule has 1 aromatic carbocycles. The molecule has 0 aromatic heterocycles. The molecule has 138 valence electrons. The highest BCUT2D eigenvalue weighted by molar-refractivity contribution is 6.42. The lowest BCUT2D eigenvalue weighted by Gasteiger charge is -2.29. The molecule has 1 amide bonds. The van der Waals surface area contributed by atoms with Crippen molar-refractivity contribution in [2.75, 3.05) is 13.1 Å². The SMILES string of the molecule is CCC[C@@]1(C(=O)c2ccc(Cl)c(Cl)c2)CCN(C(=O)OC(C)(C)C)C1. The number of halogens is 2. The molecule has 0 spiro atoms. The highest BCUT2D eigenvalue weighted by Gasteiger charge is 2.46. The predicted octanol–water partition coefficient (Wildman–Crippen LogP) is 5.60. The Morgan fingerprint density at radius 2 is 1.92 bits per heavy atom. The maximum Gasteiger partial charge on any atom is 0.410 e. The molecule has 0 radical (unpaired) electrons. The van der Waals surface area contributed by atoms with Crippen molar-refractivity contribution in [3.8, 4) is 0 Å². The van der Waals surface area contributed by atoms with Gasteiger partial charge in [0.25, 0.3) is 0 Å². The fourth-order valence-electron chi connectivity index (χ4n) is 3.28. The van der Waals surface area contributed by atoms with Gasteiger partial charge in [0, 0.05) is 18.7 Å². The van der Waals surface area contributed by atoms with Crippen LogP contribution in [0.2, 0.25) is 10.0 Å². The monoisotopic (exact) mass is 385 g/mol. The summed E-state index contributed by atoms with van der Waals surface area (Å²) in [6.45, 7) is 8.43. The predicted molar refractivity (Wildman–Crippen MR) is 101 cm³/mol. The molecule has 6 heteroatoms. The van der Waals surface area contributed by atoms with Crippen LogP contribution >= 0.6 is 23.2 Å². The number of likely N-dealkylation sites (tertiary alicyclic amines) is 1. The van der Waals surface area contributed by atoms with Crippen molar-refractivity contribution in [3.05, 3.63) is 33.8 Å². The second-order valence-corrected chi connectivity index (χ2v) is 8.45. The first-order chi connectivity index (χ1) is 11.6. The van der Waals surface area contributed by atoms with Gasteiger partial charge >= 0.3 is 6.09 Å². The van der Waals surface area contributed by atoms with Gasteiger partial charge in [0.2, 0.25) is 0 Å². The smallest absolute Gasteiger partial charge is 0.410 e. The Kier molecular flexibility index (Phi) is 6.05. The number of ketones is 1. The van der Waals surface area contributed by atoms with Gasteiger partial charge in [-0.1, -0.05) is 36.5 Å². The van der Waals surface area contributed by atoms with Crippen LogP contribution in [0.5, 0.6) is 0 Å². The van der Waals surface area contributed by atoms with Crippen LogP contribution in [0, 0.1) is 5.41 Å². The number of rotatable bonds is 4. The topological polar surface area (TPSA) is 46.6 Å². The van der Waals surface area contributed by atoms with Gasteiger partial charge in [0.05, 0.1) is 15.5 Å². The summed E-state index contributed by atoms with van der Waals surface area (Å²) in [5, 5.41) is 0.783. The lowest BCUT2D eigenvalue weighted by atomic mass is 9.76. The lowest BCUT2D eigenvalue weighted by Crippen LogP contribution is -2.39. The van der Waals surface area contributed by atoms with Crippen molar-refractivity contribution in [1.82, 2.24) is 4.90 Å². The third-order valence-electron chi connectivity index (χ3n) is 4.40. The first-order valence-electron chi connectivity index (χ1n) is 8.56. The number of hydrogen-bond donors (Lipinski definition) is 0. The van der Waals surface area contributed by atoms with Crippen molar-refractivity contribution in [2.45, 2.75) is 52.6 Å². The maximum atomic E-state index is 13.2. The van der Waals surface area contributed by atoms with E-state index in [4.69, 9.17) is 27.9 Å². The molecule has 0 aliphatic carbocycles. The number of carbonyl (C=O) groups is 2. The van der Waals surface area contributed by atoms with Gasteiger partial charge in [0.1, 0.15) is 5.60 Å². The summed E-state index contributed by atoms with van der Waals surface area (Å²) in [4.78, 5) is 27.2. The van der Waals surface area contributed by atoms with Gasteiger partial charge in [-0.15, -0.1) is 0 Å². The van der Waals surface area contributed by atoms with Crippen LogP contribution in [-0.4, -0.2) is 35.5 Å². The quantitative estimate of drug-likeness (QED) is 0.633. The van der Waals surface area contributed by atoms with Crippen LogP contribution < -0.4 is 0 Å². The first kappa shape index (κ1) is 20.1. The minimum atomic E-state index is -0.594. The van der Waals surface area contributed by atoms with Crippen LogP contribution in [-0.2, 0) is 4.74 Å². The van der Waals surface area contributed by atoms with E-state index in [1.807, 2.05) is 27.7 Å². The van der Waals surface area contributed by atoms with E-state index in [0.29, 0.717) is 41.5 Å². The summed E-state index contributed by atoms with van der Waals surface area (Å²) in [6, 6.07) is 4.95.